The third kappa shape index (κ3) is 6.47. The van der Waals surface area contributed by atoms with E-state index in [1.807, 2.05) is 12.1 Å². The first-order valence-corrected chi connectivity index (χ1v) is 6.24. The van der Waals surface area contributed by atoms with Crippen LogP contribution in [0.15, 0.2) is 53.9 Å². The van der Waals surface area contributed by atoms with Crippen molar-refractivity contribution < 1.29 is 54.2 Å². The number of carbonyl (C=O) groups excluding carboxylic acids is 1. The Balaban J connectivity index is 0. The highest BCUT2D eigenvalue weighted by Crippen LogP contribution is 1.92. The lowest BCUT2D eigenvalue weighted by molar-refractivity contribution is -0.789. The van der Waals surface area contributed by atoms with E-state index in [1.54, 1.807) is 45.8 Å². The quantitative estimate of drug-likeness (QED) is 0.225. The fourth-order valence-electron chi connectivity index (χ4n) is 1.83. The highest BCUT2D eigenvalue weighted by atomic mass is 35.5. The second-order valence-corrected chi connectivity index (χ2v) is 4.22. The number of oxime groups is 1. The fraction of sp³-hybridized carbons (Fsp3) is 0.143. The Morgan fingerprint density at radius 3 is 2.33 bits per heavy atom. The molecule has 2 aromatic heterocycles. The first-order valence-electron chi connectivity index (χ1n) is 6.24. The number of nitrogens with two attached hydrogens (primary N) is 1. The molecule has 0 unspecified atom stereocenters. The highest BCUT2D eigenvalue weighted by Gasteiger charge is 2.16. The van der Waals surface area contributed by atoms with Gasteiger partial charge in [-0.05, 0) is 12.1 Å². The van der Waals surface area contributed by atoms with Crippen molar-refractivity contribution in [2.24, 2.45) is 10.9 Å². The molecule has 8 nitrogen and oxygen atoms in total. The average molecular weight is 377 g/mol. The van der Waals surface area contributed by atoms with Gasteiger partial charge in [0.05, 0.1) is 0 Å². The van der Waals surface area contributed by atoms with Gasteiger partial charge in [0.15, 0.2) is 12.4 Å². The Labute approximate surface area is 151 Å². The first-order chi connectivity index (χ1) is 10.2. The van der Waals surface area contributed by atoms with Crippen molar-refractivity contribution in [3.8, 4) is 0 Å². The number of rotatable bonds is 6. The molecule has 2 heterocycles. The summed E-state index contributed by atoms with van der Waals surface area (Å²) in [6.07, 6.45) is 4.82. The molecule has 0 saturated heterocycles. The molecule has 0 aliphatic heterocycles. The van der Waals surface area contributed by atoms with Gasteiger partial charge in [-0.15, -0.1) is 0 Å². The largest absolute Gasteiger partial charge is 1.00 e. The predicted molar refractivity (Wildman–Crippen MR) is 75.9 cm³/mol. The van der Waals surface area contributed by atoms with Crippen molar-refractivity contribution in [2.45, 2.75) is 13.5 Å². The summed E-state index contributed by atoms with van der Waals surface area (Å²) in [7, 11) is 0. The van der Waals surface area contributed by atoms with Crippen LogP contribution in [0.3, 0.4) is 0 Å². The number of halogens is 2. The van der Waals surface area contributed by atoms with E-state index < -0.39 is 5.91 Å². The van der Waals surface area contributed by atoms with Crippen LogP contribution in [0.2, 0.25) is 0 Å². The maximum atomic E-state index is 11.3. The standard InChI is InChI=1S/C14H14N4O3.2ClH.H2O/c15-14(19)13-6-2-4-8-18(13)11-21-10-17-7-3-1-5-12(17)9-16-20;;;/h1-9H,10-11H2,(H-,15,19);2*1H;1H2. The molecule has 0 aliphatic carbocycles. The van der Waals surface area contributed by atoms with Gasteiger partial charge >= 0.3 is 5.91 Å². The molecule has 1 amide bonds. The average Bonchev–Trinajstić information content (AvgIpc) is 2.49. The van der Waals surface area contributed by atoms with Gasteiger partial charge in [0.2, 0.25) is 5.69 Å². The molecule has 2 aromatic rings. The lowest BCUT2D eigenvalue weighted by Crippen LogP contribution is -3.00. The van der Waals surface area contributed by atoms with Crippen LogP contribution in [0.1, 0.15) is 16.2 Å². The molecule has 0 saturated carbocycles. The number of aromatic nitrogens is 2. The van der Waals surface area contributed by atoms with E-state index in [1.165, 1.54) is 6.21 Å². The second-order valence-electron chi connectivity index (χ2n) is 4.22. The highest BCUT2D eigenvalue weighted by molar-refractivity contribution is 5.89. The third-order valence-electron chi connectivity index (χ3n) is 2.82. The smallest absolute Gasteiger partial charge is 0.313 e. The summed E-state index contributed by atoms with van der Waals surface area (Å²) in [5.41, 5.74) is 6.35. The van der Waals surface area contributed by atoms with Crippen molar-refractivity contribution >= 4 is 12.1 Å². The molecule has 132 valence electrons. The zero-order valence-electron chi connectivity index (χ0n) is 12.5. The summed E-state index contributed by atoms with van der Waals surface area (Å²) in [4.78, 5) is 11.3. The molecule has 0 radical (unpaired) electrons. The minimum atomic E-state index is -0.514. The zero-order chi connectivity index (χ0) is 15.1. The van der Waals surface area contributed by atoms with Gasteiger partial charge in [-0.25, -0.2) is 0 Å². The number of amides is 1. The SMILES string of the molecule is NC(=O)c1cccc[n+]1COC[n+]1ccccc1C=NO.O.[Cl-].[Cl-]. The number of hydrogen-bond acceptors (Lipinski definition) is 4. The van der Waals surface area contributed by atoms with Gasteiger partial charge in [-0.3, -0.25) is 9.53 Å². The second kappa shape index (κ2) is 12.2. The van der Waals surface area contributed by atoms with Crippen LogP contribution in [0.25, 0.3) is 0 Å². The van der Waals surface area contributed by atoms with Gasteiger partial charge in [0, 0.05) is 24.3 Å². The van der Waals surface area contributed by atoms with E-state index in [9.17, 15) is 4.79 Å². The van der Waals surface area contributed by atoms with Gasteiger partial charge in [0.1, 0.15) is 6.21 Å². The zero-order valence-corrected chi connectivity index (χ0v) is 14.1. The van der Waals surface area contributed by atoms with Crippen LogP contribution in [0, 0.1) is 0 Å². The molecule has 0 bridgehead atoms. The Morgan fingerprint density at radius 1 is 1.12 bits per heavy atom. The van der Waals surface area contributed by atoms with Crippen LogP contribution >= 0.6 is 0 Å². The lowest BCUT2D eigenvalue weighted by atomic mass is 10.3. The molecule has 5 N–H and O–H groups in total. The minimum Gasteiger partial charge on any atom is -1.00 e. The van der Waals surface area contributed by atoms with Crippen LogP contribution in [-0.4, -0.2) is 22.8 Å². The summed E-state index contributed by atoms with van der Waals surface area (Å²) in [6.45, 7) is 0.416. The molecular formula is C14H18Cl2N4O4. The first kappa shape index (κ1) is 24.0. The van der Waals surface area contributed by atoms with Crippen LogP contribution in [0.5, 0.6) is 0 Å². The lowest BCUT2D eigenvalue weighted by Gasteiger charge is -2.02. The van der Waals surface area contributed by atoms with Gasteiger partial charge in [-0.1, -0.05) is 5.16 Å². The Hall–Kier alpha value is -2.26. The maximum absolute atomic E-state index is 11.3. The number of primary amides is 1. The van der Waals surface area contributed by atoms with Crippen molar-refractivity contribution in [3.05, 3.63) is 60.2 Å². The van der Waals surface area contributed by atoms with Crippen molar-refractivity contribution in [1.29, 1.82) is 0 Å². The van der Waals surface area contributed by atoms with E-state index in [0.29, 0.717) is 11.4 Å². The van der Waals surface area contributed by atoms with Crippen molar-refractivity contribution in [1.82, 2.24) is 0 Å². The number of carbonyl (C=O) groups is 1. The summed E-state index contributed by atoms with van der Waals surface area (Å²) in [5.74, 6) is -0.514. The van der Waals surface area contributed by atoms with Crippen LogP contribution in [-0.2, 0) is 18.2 Å². The topological polar surface area (TPSA) is 124 Å². The van der Waals surface area contributed by atoms with Gasteiger partial charge < -0.3 is 41.2 Å². The maximum Gasteiger partial charge on any atom is 0.313 e. The summed E-state index contributed by atoms with van der Waals surface area (Å²) < 4.78 is 8.93. The molecule has 0 fully saturated rings. The third-order valence-corrected chi connectivity index (χ3v) is 2.82. The molecule has 0 atom stereocenters. The molecular weight excluding hydrogens is 359 g/mol. The molecule has 10 heteroatoms. The van der Waals surface area contributed by atoms with E-state index in [4.69, 9.17) is 15.7 Å². The molecule has 0 aliphatic rings. The van der Waals surface area contributed by atoms with E-state index in [0.717, 1.165) is 0 Å². The number of pyridine rings is 2. The normalized spacial score (nSPS) is 9.50. The Bertz CT molecular complexity index is 671. The van der Waals surface area contributed by atoms with Crippen LogP contribution < -0.4 is 39.7 Å². The fourth-order valence-corrected chi connectivity index (χ4v) is 1.83. The van der Waals surface area contributed by atoms with E-state index in [-0.39, 0.29) is 43.8 Å². The Morgan fingerprint density at radius 2 is 1.71 bits per heavy atom. The Kier molecular flexibility index (Phi) is 12.2. The van der Waals surface area contributed by atoms with Gasteiger partial charge in [-0.2, -0.15) is 9.13 Å². The predicted octanol–water partition coefficient (Wildman–Crippen LogP) is -7.02. The monoisotopic (exact) mass is 376 g/mol. The summed E-state index contributed by atoms with van der Waals surface area (Å²) >= 11 is 0. The summed E-state index contributed by atoms with van der Waals surface area (Å²) in [6, 6.07) is 10.6. The molecule has 0 spiro atoms. The number of nitrogens with zero attached hydrogens (tertiary/aromatic N) is 3. The minimum absolute atomic E-state index is 0. The van der Waals surface area contributed by atoms with Gasteiger partial charge in [0.25, 0.3) is 19.2 Å². The molecule has 0 aromatic carbocycles. The molecule has 24 heavy (non-hydrogen) atoms. The van der Waals surface area contributed by atoms with Crippen molar-refractivity contribution in [3.63, 3.8) is 0 Å². The van der Waals surface area contributed by atoms with E-state index in [2.05, 4.69) is 5.16 Å². The van der Waals surface area contributed by atoms with E-state index >= 15 is 0 Å². The van der Waals surface area contributed by atoms with Crippen molar-refractivity contribution in [2.75, 3.05) is 0 Å². The number of hydrogen-bond donors (Lipinski definition) is 2. The molecule has 2 rings (SSSR count). The van der Waals surface area contributed by atoms with Crippen LogP contribution in [0.4, 0.5) is 0 Å². The number of ether oxygens (including phenoxy) is 1. The summed E-state index contributed by atoms with van der Waals surface area (Å²) in [5, 5.41) is 11.6.